The van der Waals surface area contributed by atoms with Gasteiger partial charge in [0.2, 0.25) is 0 Å². The summed E-state index contributed by atoms with van der Waals surface area (Å²) < 4.78 is 17.3. The first-order valence-corrected chi connectivity index (χ1v) is 7.59. The lowest BCUT2D eigenvalue weighted by Crippen LogP contribution is -2.25. The van der Waals surface area contributed by atoms with Crippen LogP contribution in [-0.4, -0.2) is 35.9 Å². The minimum absolute atomic E-state index is 0.618. The van der Waals surface area contributed by atoms with Crippen LogP contribution in [0.1, 0.15) is 0 Å². The Labute approximate surface area is 107 Å². The first-order valence-electron chi connectivity index (χ1n) is 5.07. The van der Waals surface area contributed by atoms with E-state index in [9.17, 15) is 4.21 Å². The van der Waals surface area contributed by atoms with E-state index in [4.69, 9.17) is 4.74 Å². The summed E-state index contributed by atoms with van der Waals surface area (Å²) in [5.74, 6) is 1.55. The number of nitrogens with one attached hydrogen (secondary N) is 1. The van der Waals surface area contributed by atoms with Gasteiger partial charge < -0.3 is 10.1 Å². The van der Waals surface area contributed by atoms with Gasteiger partial charge in [-0.1, -0.05) is 22.0 Å². The van der Waals surface area contributed by atoms with Gasteiger partial charge in [0.25, 0.3) is 0 Å². The Morgan fingerprint density at radius 3 is 2.94 bits per heavy atom. The molecule has 0 amide bonds. The second-order valence-electron chi connectivity index (χ2n) is 3.33. The third-order valence-electron chi connectivity index (χ3n) is 1.91. The Bertz CT molecular complexity index is 347. The van der Waals surface area contributed by atoms with Crippen LogP contribution in [0.2, 0.25) is 0 Å². The van der Waals surface area contributed by atoms with Crippen LogP contribution in [0, 0.1) is 0 Å². The SMILES string of the molecule is CS(=O)CCNCCOc1cccc(Br)c1. The van der Waals surface area contributed by atoms with Gasteiger partial charge in [0.05, 0.1) is 0 Å². The molecule has 16 heavy (non-hydrogen) atoms. The number of hydrogen-bond acceptors (Lipinski definition) is 3. The van der Waals surface area contributed by atoms with Gasteiger partial charge in [-0.05, 0) is 18.2 Å². The molecule has 0 spiro atoms. The van der Waals surface area contributed by atoms with Crippen molar-refractivity contribution < 1.29 is 8.95 Å². The van der Waals surface area contributed by atoms with Crippen molar-refractivity contribution in [2.75, 3.05) is 31.7 Å². The molecule has 1 aromatic carbocycles. The molecular formula is C11H16BrNO2S. The molecule has 3 nitrogen and oxygen atoms in total. The summed E-state index contributed by atoms with van der Waals surface area (Å²) in [6, 6.07) is 7.75. The molecule has 0 saturated heterocycles. The molecule has 1 unspecified atom stereocenters. The summed E-state index contributed by atoms with van der Waals surface area (Å²) in [7, 11) is -0.720. The first-order chi connectivity index (χ1) is 7.68. The van der Waals surface area contributed by atoms with E-state index in [0.29, 0.717) is 12.4 Å². The molecule has 1 rings (SSSR count). The highest BCUT2D eigenvalue weighted by molar-refractivity contribution is 9.10. The van der Waals surface area contributed by atoms with Gasteiger partial charge in [-0.2, -0.15) is 0 Å². The van der Waals surface area contributed by atoms with Gasteiger partial charge in [-0.25, -0.2) is 0 Å². The molecule has 0 heterocycles. The highest BCUT2D eigenvalue weighted by atomic mass is 79.9. The van der Waals surface area contributed by atoms with E-state index in [0.717, 1.165) is 23.3 Å². The molecular weight excluding hydrogens is 290 g/mol. The van der Waals surface area contributed by atoms with Crippen LogP contribution in [0.3, 0.4) is 0 Å². The Balaban J connectivity index is 2.09. The van der Waals surface area contributed by atoms with Crippen LogP contribution in [0.5, 0.6) is 5.75 Å². The van der Waals surface area contributed by atoms with Crippen LogP contribution in [0.25, 0.3) is 0 Å². The van der Waals surface area contributed by atoms with Crippen molar-refractivity contribution in [3.05, 3.63) is 28.7 Å². The summed E-state index contributed by atoms with van der Waals surface area (Å²) in [5, 5.41) is 3.17. The summed E-state index contributed by atoms with van der Waals surface area (Å²) in [6.07, 6.45) is 1.71. The molecule has 0 fully saturated rings. The molecule has 0 aliphatic heterocycles. The molecule has 0 aliphatic carbocycles. The van der Waals surface area contributed by atoms with Gasteiger partial charge in [0.1, 0.15) is 12.4 Å². The number of benzene rings is 1. The van der Waals surface area contributed by atoms with Crippen LogP contribution in [0.4, 0.5) is 0 Å². The van der Waals surface area contributed by atoms with Crippen molar-refractivity contribution in [3.8, 4) is 5.75 Å². The monoisotopic (exact) mass is 305 g/mol. The number of ether oxygens (including phenoxy) is 1. The fourth-order valence-corrected chi connectivity index (χ4v) is 1.95. The van der Waals surface area contributed by atoms with E-state index in [-0.39, 0.29) is 0 Å². The summed E-state index contributed by atoms with van der Waals surface area (Å²) in [4.78, 5) is 0. The normalized spacial score (nSPS) is 12.4. The first kappa shape index (κ1) is 13.7. The van der Waals surface area contributed by atoms with E-state index < -0.39 is 10.8 Å². The molecule has 0 aliphatic rings. The fourth-order valence-electron chi connectivity index (χ4n) is 1.14. The topological polar surface area (TPSA) is 38.3 Å². The Hall–Kier alpha value is -0.390. The number of rotatable bonds is 7. The highest BCUT2D eigenvalue weighted by Crippen LogP contribution is 2.17. The molecule has 5 heteroatoms. The Kier molecular flexibility index (Phi) is 6.68. The van der Waals surface area contributed by atoms with Crippen molar-refractivity contribution in [1.29, 1.82) is 0 Å². The van der Waals surface area contributed by atoms with E-state index in [1.54, 1.807) is 6.26 Å². The average Bonchev–Trinajstić information content (AvgIpc) is 2.23. The highest BCUT2D eigenvalue weighted by Gasteiger charge is 1.95. The summed E-state index contributed by atoms with van der Waals surface area (Å²) in [5.41, 5.74) is 0. The van der Waals surface area contributed by atoms with E-state index in [1.807, 2.05) is 24.3 Å². The molecule has 90 valence electrons. The lowest BCUT2D eigenvalue weighted by Gasteiger charge is -2.07. The van der Waals surface area contributed by atoms with Gasteiger partial charge in [-0.3, -0.25) is 4.21 Å². The smallest absolute Gasteiger partial charge is 0.120 e. The van der Waals surface area contributed by atoms with Crippen molar-refractivity contribution >= 4 is 26.7 Å². The molecule has 0 aromatic heterocycles. The van der Waals surface area contributed by atoms with Gasteiger partial charge in [0.15, 0.2) is 0 Å². The lowest BCUT2D eigenvalue weighted by atomic mass is 10.3. The number of halogens is 1. The molecule has 1 aromatic rings. The minimum Gasteiger partial charge on any atom is -0.492 e. The second kappa shape index (κ2) is 7.81. The molecule has 0 saturated carbocycles. The van der Waals surface area contributed by atoms with Crippen molar-refractivity contribution in [1.82, 2.24) is 5.32 Å². The van der Waals surface area contributed by atoms with E-state index >= 15 is 0 Å². The molecule has 0 radical (unpaired) electrons. The predicted octanol–water partition coefficient (Wildman–Crippen LogP) is 1.80. The standard InChI is InChI=1S/C11H16BrNO2S/c1-16(14)8-6-13-5-7-15-11-4-2-3-10(12)9-11/h2-4,9,13H,5-8H2,1H3. The zero-order valence-electron chi connectivity index (χ0n) is 9.24. The average molecular weight is 306 g/mol. The third kappa shape index (κ3) is 6.25. The molecule has 0 bridgehead atoms. The van der Waals surface area contributed by atoms with E-state index in [1.165, 1.54) is 0 Å². The maximum absolute atomic E-state index is 10.8. The van der Waals surface area contributed by atoms with Crippen LogP contribution < -0.4 is 10.1 Å². The zero-order valence-corrected chi connectivity index (χ0v) is 11.6. The second-order valence-corrected chi connectivity index (χ2v) is 5.80. The zero-order chi connectivity index (χ0) is 11.8. The molecule has 1 N–H and O–H groups in total. The summed E-state index contributed by atoms with van der Waals surface area (Å²) >= 11 is 3.38. The lowest BCUT2D eigenvalue weighted by molar-refractivity contribution is 0.315. The van der Waals surface area contributed by atoms with Crippen molar-refractivity contribution in [2.24, 2.45) is 0 Å². The summed E-state index contributed by atoms with van der Waals surface area (Å²) in [6.45, 7) is 2.15. The van der Waals surface area contributed by atoms with Gasteiger partial charge in [-0.15, -0.1) is 0 Å². The maximum Gasteiger partial charge on any atom is 0.120 e. The van der Waals surface area contributed by atoms with Gasteiger partial charge in [0, 0.05) is 40.4 Å². The van der Waals surface area contributed by atoms with Crippen molar-refractivity contribution in [3.63, 3.8) is 0 Å². The van der Waals surface area contributed by atoms with Crippen LogP contribution >= 0.6 is 15.9 Å². The largest absolute Gasteiger partial charge is 0.492 e. The fraction of sp³-hybridized carbons (Fsp3) is 0.455. The van der Waals surface area contributed by atoms with Crippen LogP contribution in [-0.2, 0) is 10.8 Å². The number of hydrogen-bond donors (Lipinski definition) is 1. The molecule has 1 atom stereocenters. The quantitative estimate of drug-likeness (QED) is 0.781. The van der Waals surface area contributed by atoms with Gasteiger partial charge >= 0.3 is 0 Å². The Morgan fingerprint density at radius 1 is 1.44 bits per heavy atom. The van der Waals surface area contributed by atoms with Crippen LogP contribution in [0.15, 0.2) is 28.7 Å². The predicted molar refractivity (Wildman–Crippen MR) is 71.4 cm³/mol. The van der Waals surface area contributed by atoms with E-state index in [2.05, 4.69) is 21.2 Å². The Morgan fingerprint density at radius 2 is 2.25 bits per heavy atom. The minimum atomic E-state index is -0.720. The maximum atomic E-state index is 10.8. The van der Waals surface area contributed by atoms with Crippen molar-refractivity contribution in [2.45, 2.75) is 0 Å². The third-order valence-corrected chi connectivity index (χ3v) is 3.18.